The molecule has 14 heavy (non-hydrogen) atoms. The molecular weight excluding hydrogens is 170 g/mol. The van der Waals surface area contributed by atoms with Gasteiger partial charge in [0.25, 0.3) is 0 Å². The molecule has 1 aliphatic heterocycles. The number of unbranched alkanes of at least 4 members (excludes halogenated alkanes) is 3. The van der Waals surface area contributed by atoms with Crippen molar-refractivity contribution in [2.75, 3.05) is 13.1 Å². The molecule has 0 saturated carbocycles. The molecular formula is C13H25N. The van der Waals surface area contributed by atoms with Gasteiger partial charge in [-0.05, 0) is 51.1 Å². The first-order valence-electron chi connectivity index (χ1n) is 6.25. The molecule has 1 nitrogen and oxygen atoms in total. The fraction of sp³-hybridized carbons (Fsp3) is 0.846. The van der Waals surface area contributed by atoms with Gasteiger partial charge in [-0.15, -0.1) is 6.58 Å². The molecule has 0 aliphatic carbocycles. The van der Waals surface area contributed by atoms with Crippen LogP contribution in [-0.4, -0.2) is 13.1 Å². The van der Waals surface area contributed by atoms with Gasteiger partial charge < -0.3 is 5.32 Å². The van der Waals surface area contributed by atoms with Gasteiger partial charge in [-0.3, -0.25) is 0 Å². The lowest BCUT2D eigenvalue weighted by molar-refractivity contribution is 0.424. The fourth-order valence-electron chi connectivity index (χ4n) is 2.24. The van der Waals surface area contributed by atoms with Gasteiger partial charge >= 0.3 is 0 Å². The molecule has 1 fully saturated rings. The summed E-state index contributed by atoms with van der Waals surface area (Å²) in [6.45, 7) is 6.26. The SMILES string of the molecule is C=CCCCCCC1CCCCNC1. The minimum atomic E-state index is 0.959. The maximum absolute atomic E-state index is 3.75. The van der Waals surface area contributed by atoms with Gasteiger partial charge in [-0.1, -0.05) is 25.3 Å². The van der Waals surface area contributed by atoms with E-state index in [0.717, 1.165) is 5.92 Å². The number of rotatable bonds is 6. The highest BCUT2D eigenvalue weighted by Crippen LogP contribution is 2.18. The molecule has 1 N–H and O–H groups in total. The zero-order valence-electron chi connectivity index (χ0n) is 9.43. The summed E-state index contributed by atoms with van der Waals surface area (Å²) in [5.74, 6) is 0.959. The third-order valence-electron chi connectivity index (χ3n) is 3.17. The Hall–Kier alpha value is -0.300. The maximum atomic E-state index is 3.75. The molecule has 0 aromatic rings. The lowest BCUT2D eigenvalue weighted by atomic mass is 9.96. The standard InChI is InChI=1S/C13H25N/c1-2-3-4-5-6-9-13-10-7-8-11-14-12-13/h2,13-14H,1,3-12H2. The van der Waals surface area contributed by atoms with E-state index in [-0.39, 0.29) is 0 Å². The molecule has 0 spiro atoms. The summed E-state index contributed by atoms with van der Waals surface area (Å²) >= 11 is 0. The molecule has 1 heteroatoms. The van der Waals surface area contributed by atoms with Crippen molar-refractivity contribution in [1.29, 1.82) is 0 Å². The second-order valence-corrected chi connectivity index (χ2v) is 4.49. The third kappa shape index (κ3) is 5.43. The summed E-state index contributed by atoms with van der Waals surface area (Å²) in [4.78, 5) is 0. The fourth-order valence-corrected chi connectivity index (χ4v) is 2.24. The van der Waals surface area contributed by atoms with Crippen LogP contribution in [0.4, 0.5) is 0 Å². The van der Waals surface area contributed by atoms with E-state index in [4.69, 9.17) is 0 Å². The van der Waals surface area contributed by atoms with Crippen molar-refractivity contribution < 1.29 is 0 Å². The third-order valence-corrected chi connectivity index (χ3v) is 3.17. The van der Waals surface area contributed by atoms with Crippen LogP contribution in [0.5, 0.6) is 0 Å². The van der Waals surface area contributed by atoms with E-state index in [9.17, 15) is 0 Å². The second-order valence-electron chi connectivity index (χ2n) is 4.49. The van der Waals surface area contributed by atoms with Crippen molar-refractivity contribution in [3.05, 3.63) is 12.7 Å². The first kappa shape index (κ1) is 11.8. The Balaban J connectivity index is 1.96. The van der Waals surface area contributed by atoms with Crippen LogP contribution in [0.1, 0.15) is 51.4 Å². The summed E-state index contributed by atoms with van der Waals surface area (Å²) in [6.07, 6.45) is 13.1. The predicted molar refractivity (Wildman–Crippen MR) is 63.5 cm³/mol. The average molecular weight is 195 g/mol. The second kappa shape index (κ2) is 8.05. The van der Waals surface area contributed by atoms with Gasteiger partial charge in [-0.25, -0.2) is 0 Å². The van der Waals surface area contributed by atoms with Crippen molar-refractivity contribution in [1.82, 2.24) is 5.32 Å². The number of hydrogen-bond acceptors (Lipinski definition) is 1. The summed E-state index contributed by atoms with van der Waals surface area (Å²) in [6, 6.07) is 0. The molecule has 0 radical (unpaired) electrons. The monoisotopic (exact) mass is 195 g/mol. The molecule has 1 saturated heterocycles. The Morgan fingerprint density at radius 2 is 2.14 bits per heavy atom. The quantitative estimate of drug-likeness (QED) is 0.505. The van der Waals surface area contributed by atoms with Crippen molar-refractivity contribution in [3.63, 3.8) is 0 Å². The van der Waals surface area contributed by atoms with Crippen LogP contribution in [0.15, 0.2) is 12.7 Å². The van der Waals surface area contributed by atoms with E-state index >= 15 is 0 Å². The highest BCUT2D eigenvalue weighted by Gasteiger charge is 2.10. The maximum Gasteiger partial charge on any atom is -0.00205 e. The van der Waals surface area contributed by atoms with E-state index in [1.807, 2.05) is 6.08 Å². The Kier molecular flexibility index (Phi) is 6.77. The van der Waals surface area contributed by atoms with Gasteiger partial charge in [0.15, 0.2) is 0 Å². The molecule has 0 aromatic carbocycles. The van der Waals surface area contributed by atoms with Crippen LogP contribution in [0, 0.1) is 5.92 Å². The number of hydrogen-bond donors (Lipinski definition) is 1. The molecule has 0 aromatic heterocycles. The smallest absolute Gasteiger partial charge is 0.00205 e. The van der Waals surface area contributed by atoms with Crippen LogP contribution in [-0.2, 0) is 0 Å². The molecule has 1 rings (SSSR count). The molecule has 1 unspecified atom stereocenters. The van der Waals surface area contributed by atoms with Crippen LogP contribution in [0.3, 0.4) is 0 Å². The normalized spacial score (nSPS) is 23.0. The van der Waals surface area contributed by atoms with Crippen molar-refractivity contribution in [3.8, 4) is 0 Å². The number of nitrogens with one attached hydrogen (secondary N) is 1. The Morgan fingerprint density at radius 1 is 1.21 bits per heavy atom. The van der Waals surface area contributed by atoms with Crippen LogP contribution < -0.4 is 5.32 Å². The Labute approximate surface area is 89.0 Å². The Bertz CT molecular complexity index is 134. The Morgan fingerprint density at radius 3 is 3.00 bits per heavy atom. The van der Waals surface area contributed by atoms with Crippen molar-refractivity contribution in [2.45, 2.75) is 51.4 Å². The van der Waals surface area contributed by atoms with Gasteiger partial charge in [0.1, 0.15) is 0 Å². The first-order valence-corrected chi connectivity index (χ1v) is 6.25. The van der Waals surface area contributed by atoms with Gasteiger partial charge in [-0.2, -0.15) is 0 Å². The predicted octanol–water partition coefficient (Wildman–Crippen LogP) is 3.51. The largest absolute Gasteiger partial charge is 0.316 e. The molecule has 0 amide bonds. The molecule has 1 aliphatic rings. The van der Waals surface area contributed by atoms with Gasteiger partial charge in [0, 0.05) is 0 Å². The van der Waals surface area contributed by atoms with Crippen molar-refractivity contribution in [2.24, 2.45) is 5.92 Å². The van der Waals surface area contributed by atoms with Gasteiger partial charge in [0.2, 0.25) is 0 Å². The lowest BCUT2D eigenvalue weighted by Crippen LogP contribution is -2.20. The minimum Gasteiger partial charge on any atom is -0.316 e. The average Bonchev–Trinajstić information content (AvgIpc) is 2.46. The molecule has 0 bridgehead atoms. The van der Waals surface area contributed by atoms with E-state index in [0.29, 0.717) is 0 Å². The number of allylic oxidation sites excluding steroid dienone is 1. The van der Waals surface area contributed by atoms with Crippen LogP contribution in [0.25, 0.3) is 0 Å². The van der Waals surface area contributed by atoms with Gasteiger partial charge in [0.05, 0.1) is 0 Å². The summed E-state index contributed by atoms with van der Waals surface area (Å²) < 4.78 is 0. The minimum absolute atomic E-state index is 0.959. The van der Waals surface area contributed by atoms with E-state index in [1.54, 1.807) is 0 Å². The van der Waals surface area contributed by atoms with E-state index < -0.39 is 0 Å². The van der Waals surface area contributed by atoms with Crippen LogP contribution >= 0.6 is 0 Å². The first-order chi connectivity index (χ1) is 6.93. The highest BCUT2D eigenvalue weighted by atomic mass is 14.9. The van der Waals surface area contributed by atoms with Crippen LogP contribution in [0.2, 0.25) is 0 Å². The summed E-state index contributed by atoms with van der Waals surface area (Å²) in [5.41, 5.74) is 0. The highest BCUT2D eigenvalue weighted by molar-refractivity contribution is 4.69. The topological polar surface area (TPSA) is 12.0 Å². The van der Waals surface area contributed by atoms with E-state index in [2.05, 4.69) is 11.9 Å². The molecule has 1 atom stereocenters. The summed E-state index contributed by atoms with van der Waals surface area (Å²) in [5, 5.41) is 3.53. The van der Waals surface area contributed by atoms with Crippen molar-refractivity contribution >= 4 is 0 Å². The summed E-state index contributed by atoms with van der Waals surface area (Å²) in [7, 11) is 0. The zero-order chi connectivity index (χ0) is 10.1. The lowest BCUT2D eigenvalue weighted by Gasteiger charge is -2.13. The molecule has 82 valence electrons. The van der Waals surface area contributed by atoms with E-state index in [1.165, 1.54) is 64.5 Å². The molecule has 1 heterocycles. The zero-order valence-corrected chi connectivity index (χ0v) is 9.43.